The average Bonchev–Trinajstić information content (AvgIpc) is 2.77. The highest BCUT2D eigenvalue weighted by molar-refractivity contribution is 7.92. The van der Waals surface area contributed by atoms with Crippen LogP contribution in [0.3, 0.4) is 0 Å². The number of anilines is 1. The van der Waals surface area contributed by atoms with Crippen LogP contribution in [0.5, 0.6) is 0 Å². The van der Waals surface area contributed by atoms with Gasteiger partial charge in [0.2, 0.25) is 5.95 Å². The number of benzene rings is 2. The third kappa shape index (κ3) is 4.72. The Kier molecular flexibility index (Phi) is 6.59. The lowest BCUT2D eigenvalue weighted by molar-refractivity contribution is 0.587. The highest BCUT2D eigenvalue weighted by atomic mass is 32.2. The summed E-state index contributed by atoms with van der Waals surface area (Å²) in [5.41, 5.74) is 12.5. The number of hydrazone groups is 1. The molecule has 1 heterocycles. The van der Waals surface area contributed by atoms with Gasteiger partial charge in [0.15, 0.2) is 9.84 Å². The highest BCUT2D eigenvalue weighted by Gasteiger charge is 2.23. The molecule has 0 amide bonds. The third-order valence-corrected chi connectivity index (χ3v) is 6.92. The van der Waals surface area contributed by atoms with E-state index in [1.165, 1.54) is 0 Å². The zero-order valence-corrected chi connectivity index (χ0v) is 18.0. The van der Waals surface area contributed by atoms with Crippen LogP contribution in [0.15, 0.2) is 70.9 Å². The van der Waals surface area contributed by atoms with Crippen molar-refractivity contribution in [2.45, 2.75) is 37.5 Å². The molecule has 0 fully saturated rings. The Labute approximate surface area is 177 Å². The fourth-order valence-corrected chi connectivity index (χ4v) is 4.08. The van der Waals surface area contributed by atoms with E-state index >= 15 is 0 Å². The first-order valence-corrected chi connectivity index (χ1v) is 11.1. The van der Waals surface area contributed by atoms with E-state index in [9.17, 15) is 8.42 Å². The molecule has 0 radical (unpaired) electrons. The number of hydrogen-bond acceptors (Lipinski definition) is 7. The van der Waals surface area contributed by atoms with Crippen molar-refractivity contribution in [1.82, 2.24) is 9.97 Å². The van der Waals surface area contributed by atoms with E-state index in [0.717, 1.165) is 16.8 Å². The van der Waals surface area contributed by atoms with E-state index in [1.807, 2.05) is 31.2 Å². The third-order valence-electron chi connectivity index (χ3n) is 4.71. The molecule has 3 aromatic rings. The van der Waals surface area contributed by atoms with Gasteiger partial charge in [-0.05, 0) is 38.0 Å². The topological polar surface area (TPSA) is 110 Å². The van der Waals surface area contributed by atoms with Gasteiger partial charge >= 0.3 is 0 Å². The second-order valence-electron chi connectivity index (χ2n) is 7.10. The lowest BCUT2D eigenvalue weighted by Gasteiger charge is -2.12. The average molecular weight is 424 g/mol. The maximum atomic E-state index is 12.7. The Hall–Kier alpha value is -3.10. The molecular formula is C22H25N5O2S. The Morgan fingerprint density at radius 2 is 1.70 bits per heavy atom. The van der Waals surface area contributed by atoms with Gasteiger partial charge in [0, 0.05) is 30.1 Å². The number of rotatable bonds is 7. The van der Waals surface area contributed by atoms with Gasteiger partial charge in [0.25, 0.3) is 0 Å². The summed E-state index contributed by atoms with van der Waals surface area (Å²) in [5, 5.41) is 3.80. The molecule has 8 heteroatoms. The van der Waals surface area contributed by atoms with Gasteiger partial charge in [0.1, 0.15) is 0 Å². The molecule has 1 aromatic heterocycles. The predicted octanol–water partition coefficient (Wildman–Crippen LogP) is 3.62. The molecule has 7 nitrogen and oxygen atoms in total. The number of nitrogens with one attached hydrogen (secondary N) is 1. The molecule has 30 heavy (non-hydrogen) atoms. The molecule has 0 spiro atoms. The lowest BCUT2D eigenvalue weighted by Crippen LogP contribution is -2.15. The Bertz CT molecular complexity index is 1140. The first kappa shape index (κ1) is 21.6. The van der Waals surface area contributed by atoms with Crippen LogP contribution in [-0.2, 0) is 16.4 Å². The standard InChI is InChI=1S/C22H25N5O2S/c1-15(2)30(28,29)21-7-5-4-6-20(21)19-13-24-22(25-14-19)27-26-16(3)18-10-8-17(12-23)9-11-18/h4-11,13-15H,12,23H2,1-3H3,(H,24,25,27). The van der Waals surface area contributed by atoms with E-state index in [2.05, 4.69) is 20.5 Å². The SMILES string of the molecule is CC(=NNc1ncc(-c2ccccc2S(=O)(=O)C(C)C)cn1)c1ccc(CN)cc1. The smallest absolute Gasteiger partial charge is 0.243 e. The maximum Gasteiger partial charge on any atom is 0.243 e. The summed E-state index contributed by atoms with van der Waals surface area (Å²) < 4.78 is 25.3. The zero-order valence-electron chi connectivity index (χ0n) is 17.2. The Morgan fingerprint density at radius 1 is 1.07 bits per heavy atom. The van der Waals surface area contributed by atoms with Crippen LogP contribution in [0.25, 0.3) is 11.1 Å². The summed E-state index contributed by atoms with van der Waals surface area (Å²) in [7, 11) is -3.42. The van der Waals surface area contributed by atoms with E-state index < -0.39 is 15.1 Å². The molecular weight excluding hydrogens is 398 g/mol. The molecule has 0 aliphatic rings. The summed E-state index contributed by atoms with van der Waals surface area (Å²) in [6.07, 6.45) is 3.18. The van der Waals surface area contributed by atoms with Crippen LogP contribution < -0.4 is 11.2 Å². The molecule has 156 valence electrons. The quantitative estimate of drug-likeness (QED) is 0.444. The summed E-state index contributed by atoms with van der Waals surface area (Å²) >= 11 is 0. The van der Waals surface area contributed by atoms with Gasteiger partial charge in [-0.2, -0.15) is 5.10 Å². The van der Waals surface area contributed by atoms with Crippen molar-refractivity contribution in [3.05, 3.63) is 72.1 Å². The molecule has 2 aromatic carbocycles. The molecule has 0 atom stereocenters. The summed E-state index contributed by atoms with van der Waals surface area (Å²) in [5.74, 6) is 0.320. The van der Waals surface area contributed by atoms with Gasteiger partial charge in [-0.3, -0.25) is 0 Å². The number of nitrogens with zero attached hydrogens (tertiary/aromatic N) is 3. The molecule has 0 aliphatic carbocycles. The number of nitrogens with two attached hydrogens (primary N) is 1. The van der Waals surface area contributed by atoms with Crippen molar-refractivity contribution >= 4 is 21.5 Å². The molecule has 0 aliphatic heterocycles. The largest absolute Gasteiger partial charge is 0.326 e. The lowest BCUT2D eigenvalue weighted by atomic mass is 10.1. The molecule has 0 unspecified atom stereocenters. The van der Waals surface area contributed by atoms with E-state index in [0.29, 0.717) is 23.6 Å². The van der Waals surface area contributed by atoms with E-state index in [-0.39, 0.29) is 4.90 Å². The summed E-state index contributed by atoms with van der Waals surface area (Å²) in [6.45, 7) is 5.71. The Balaban J connectivity index is 1.81. The summed E-state index contributed by atoms with van der Waals surface area (Å²) in [4.78, 5) is 8.83. The first-order valence-electron chi connectivity index (χ1n) is 9.58. The molecule has 0 saturated carbocycles. The highest BCUT2D eigenvalue weighted by Crippen LogP contribution is 2.29. The van der Waals surface area contributed by atoms with Crippen LogP contribution in [0.1, 0.15) is 31.9 Å². The minimum absolute atomic E-state index is 0.277. The van der Waals surface area contributed by atoms with Crippen LogP contribution >= 0.6 is 0 Å². The van der Waals surface area contributed by atoms with Crippen molar-refractivity contribution in [3.8, 4) is 11.1 Å². The van der Waals surface area contributed by atoms with Crippen LogP contribution in [0.2, 0.25) is 0 Å². The van der Waals surface area contributed by atoms with Crippen LogP contribution in [0, 0.1) is 0 Å². The number of sulfone groups is 1. The Morgan fingerprint density at radius 3 is 2.30 bits per heavy atom. The fourth-order valence-electron chi connectivity index (χ4n) is 2.81. The molecule has 0 bridgehead atoms. The molecule has 3 rings (SSSR count). The van der Waals surface area contributed by atoms with Crippen molar-refractivity contribution in [1.29, 1.82) is 0 Å². The molecule has 3 N–H and O–H groups in total. The van der Waals surface area contributed by atoms with Gasteiger partial charge in [-0.1, -0.05) is 42.5 Å². The summed E-state index contributed by atoms with van der Waals surface area (Å²) in [6, 6.07) is 14.7. The van der Waals surface area contributed by atoms with Gasteiger partial charge in [-0.25, -0.2) is 23.8 Å². The second-order valence-corrected chi connectivity index (χ2v) is 9.57. The maximum absolute atomic E-state index is 12.7. The van der Waals surface area contributed by atoms with Crippen molar-refractivity contribution in [2.24, 2.45) is 10.8 Å². The first-order chi connectivity index (χ1) is 14.3. The minimum atomic E-state index is -3.42. The van der Waals surface area contributed by atoms with Crippen LogP contribution in [0.4, 0.5) is 5.95 Å². The predicted molar refractivity (Wildman–Crippen MR) is 120 cm³/mol. The van der Waals surface area contributed by atoms with Crippen molar-refractivity contribution in [3.63, 3.8) is 0 Å². The van der Waals surface area contributed by atoms with Crippen molar-refractivity contribution < 1.29 is 8.42 Å². The molecule has 0 saturated heterocycles. The van der Waals surface area contributed by atoms with Gasteiger partial charge in [0.05, 0.1) is 15.9 Å². The minimum Gasteiger partial charge on any atom is -0.326 e. The number of aromatic nitrogens is 2. The van der Waals surface area contributed by atoms with Crippen LogP contribution in [-0.4, -0.2) is 29.3 Å². The number of hydrogen-bond donors (Lipinski definition) is 2. The second kappa shape index (κ2) is 9.15. The fraction of sp³-hybridized carbons (Fsp3) is 0.227. The van der Waals surface area contributed by atoms with Crippen molar-refractivity contribution in [2.75, 3.05) is 5.43 Å². The van der Waals surface area contributed by atoms with Gasteiger partial charge in [-0.15, -0.1) is 0 Å². The normalized spacial score (nSPS) is 12.2. The zero-order chi connectivity index (χ0) is 21.7. The van der Waals surface area contributed by atoms with Gasteiger partial charge < -0.3 is 5.73 Å². The monoisotopic (exact) mass is 423 g/mol. The van der Waals surface area contributed by atoms with E-state index in [1.54, 1.807) is 50.5 Å². The van der Waals surface area contributed by atoms with E-state index in [4.69, 9.17) is 5.73 Å².